The minimum Gasteiger partial charge on any atom is -0.385 e. The molecule has 1 aromatic rings. The molecule has 0 unspecified atom stereocenters. The van der Waals surface area contributed by atoms with Gasteiger partial charge in [-0.05, 0) is 30.9 Å². The first-order chi connectivity index (χ1) is 8.63. The van der Waals surface area contributed by atoms with E-state index in [0.29, 0.717) is 12.2 Å². The number of nitro benzene ring substituents is 1. The van der Waals surface area contributed by atoms with E-state index in [1.54, 1.807) is 0 Å². The summed E-state index contributed by atoms with van der Waals surface area (Å²) in [5.41, 5.74) is 0.242. The van der Waals surface area contributed by atoms with Gasteiger partial charge in [0.25, 0.3) is 5.69 Å². The summed E-state index contributed by atoms with van der Waals surface area (Å²) in [5.74, 6) is 0.555. The van der Waals surface area contributed by atoms with Crippen molar-refractivity contribution < 1.29 is 9.31 Å². The van der Waals surface area contributed by atoms with Crippen molar-refractivity contribution in [2.45, 2.75) is 19.3 Å². The number of halogens is 1. The summed E-state index contributed by atoms with van der Waals surface area (Å²) in [7, 11) is 0. The summed E-state index contributed by atoms with van der Waals surface area (Å²) in [6.07, 6.45) is 5.31. The summed E-state index contributed by atoms with van der Waals surface area (Å²) in [4.78, 5) is 9.97. The highest BCUT2D eigenvalue weighted by Gasteiger charge is 2.09. The van der Waals surface area contributed by atoms with Crippen molar-refractivity contribution in [1.29, 1.82) is 0 Å². The number of nitrogens with zero attached hydrogens (tertiary/aromatic N) is 1. The molecule has 1 aromatic carbocycles. The molecule has 4 nitrogen and oxygen atoms in total. The Labute approximate surface area is 110 Å². The van der Waals surface area contributed by atoms with Gasteiger partial charge < -0.3 is 5.32 Å². The molecule has 0 aromatic heterocycles. The molecular weight excluding hydrogens is 255 g/mol. The maximum absolute atomic E-state index is 13.1. The SMILES string of the molecule is CSCCCCCNc1cc(F)cc([N+](=O)[O-])c1. The average Bonchev–Trinajstić information content (AvgIpc) is 2.33. The molecule has 0 heterocycles. The molecule has 0 saturated heterocycles. The molecule has 0 fully saturated rings. The number of hydrogen-bond acceptors (Lipinski definition) is 4. The fourth-order valence-corrected chi connectivity index (χ4v) is 2.06. The van der Waals surface area contributed by atoms with Crippen LogP contribution in [0.5, 0.6) is 0 Å². The predicted octanol–water partition coefficient (Wildman–Crippen LogP) is 3.68. The van der Waals surface area contributed by atoms with E-state index in [-0.39, 0.29) is 5.69 Å². The van der Waals surface area contributed by atoms with Crippen molar-refractivity contribution in [3.8, 4) is 0 Å². The van der Waals surface area contributed by atoms with Crippen molar-refractivity contribution in [1.82, 2.24) is 0 Å². The van der Waals surface area contributed by atoms with Crippen molar-refractivity contribution in [3.05, 3.63) is 34.1 Å². The van der Waals surface area contributed by atoms with Crippen LogP contribution < -0.4 is 5.32 Å². The van der Waals surface area contributed by atoms with Crippen molar-refractivity contribution in [3.63, 3.8) is 0 Å². The Morgan fingerprint density at radius 2 is 2.11 bits per heavy atom. The summed E-state index contributed by atoms with van der Waals surface area (Å²) in [6.45, 7) is 0.703. The van der Waals surface area contributed by atoms with E-state index in [0.717, 1.165) is 31.1 Å². The first kappa shape index (κ1) is 14.8. The summed E-state index contributed by atoms with van der Waals surface area (Å²) >= 11 is 1.82. The lowest BCUT2D eigenvalue weighted by molar-refractivity contribution is -0.385. The lowest BCUT2D eigenvalue weighted by Gasteiger charge is -2.06. The standard InChI is InChI=1S/C12H17FN2O2S/c1-18-6-4-2-3-5-14-11-7-10(13)8-12(9-11)15(16)17/h7-9,14H,2-6H2,1H3. The number of thioether (sulfide) groups is 1. The van der Waals surface area contributed by atoms with Crippen LogP contribution in [0.4, 0.5) is 15.8 Å². The third-order valence-corrected chi connectivity index (χ3v) is 3.14. The number of benzene rings is 1. The Bertz CT molecular complexity index is 402. The van der Waals surface area contributed by atoms with Crippen LogP contribution in [0, 0.1) is 15.9 Å². The molecule has 18 heavy (non-hydrogen) atoms. The van der Waals surface area contributed by atoms with E-state index in [1.807, 2.05) is 11.8 Å². The van der Waals surface area contributed by atoms with Crippen LogP contribution in [0.15, 0.2) is 18.2 Å². The maximum Gasteiger partial charge on any atom is 0.274 e. The Hall–Kier alpha value is -1.30. The van der Waals surface area contributed by atoms with Gasteiger partial charge in [0.1, 0.15) is 5.82 Å². The van der Waals surface area contributed by atoms with E-state index in [2.05, 4.69) is 11.6 Å². The quantitative estimate of drug-likeness (QED) is 0.445. The zero-order valence-electron chi connectivity index (χ0n) is 10.3. The van der Waals surface area contributed by atoms with Gasteiger partial charge in [-0.15, -0.1) is 0 Å². The zero-order chi connectivity index (χ0) is 13.4. The topological polar surface area (TPSA) is 55.2 Å². The molecule has 0 aliphatic heterocycles. The first-order valence-electron chi connectivity index (χ1n) is 5.81. The van der Waals surface area contributed by atoms with Gasteiger partial charge in [-0.25, -0.2) is 4.39 Å². The molecule has 6 heteroatoms. The van der Waals surface area contributed by atoms with Gasteiger partial charge >= 0.3 is 0 Å². The first-order valence-corrected chi connectivity index (χ1v) is 7.20. The van der Waals surface area contributed by atoms with Crippen molar-refractivity contribution in [2.24, 2.45) is 0 Å². The van der Waals surface area contributed by atoms with E-state index in [4.69, 9.17) is 0 Å². The Morgan fingerprint density at radius 1 is 1.33 bits per heavy atom. The second kappa shape index (κ2) is 7.92. The van der Waals surface area contributed by atoms with Gasteiger partial charge in [0.15, 0.2) is 0 Å². The average molecular weight is 272 g/mol. The van der Waals surface area contributed by atoms with Gasteiger partial charge in [-0.1, -0.05) is 6.42 Å². The molecule has 0 atom stereocenters. The molecule has 0 aliphatic rings. The van der Waals surface area contributed by atoms with Crippen molar-refractivity contribution >= 4 is 23.1 Å². The molecule has 0 spiro atoms. The van der Waals surface area contributed by atoms with Gasteiger partial charge in [0.2, 0.25) is 0 Å². The van der Waals surface area contributed by atoms with E-state index in [9.17, 15) is 14.5 Å². The molecular formula is C12H17FN2O2S. The predicted molar refractivity (Wildman–Crippen MR) is 73.8 cm³/mol. The smallest absolute Gasteiger partial charge is 0.274 e. The second-order valence-electron chi connectivity index (χ2n) is 3.94. The van der Waals surface area contributed by atoms with E-state index < -0.39 is 10.7 Å². The van der Waals surface area contributed by atoms with Crippen LogP contribution in [-0.4, -0.2) is 23.5 Å². The lowest BCUT2D eigenvalue weighted by atomic mass is 10.2. The van der Waals surface area contributed by atoms with E-state index in [1.165, 1.54) is 12.1 Å². The third-order valence-electron chi connectivity index (χ3n) is 2.45. The van der Waals surface area contributed by atoms with Crippen molar-refractivity contribution in [2.75, 3.05) is 23.9 Å². The molecule has 0 aliphatic carbocycles. The molecule has 100 valence electrons. The summed E-state index contributed by atoms with van der Waals surface area (Å²) < 4.78 is 13.1. The van der Waals surface area contributed by atoms with Gasteiger partial charge in [-0.3, -0.25) is 10.1 Å². The molecule has 1 rings (SSSR count). The molecule has 0 saturated carbocycles. The largest absolute Gasteiger partial charge is 0.385 e. The van der Waals surface area contributed by atoms with Crippen LogP contribution in [-0.2, 0) is 0 Å². The molecule has 0 radical (unpaired) electrons. The fourth-order valence-electron chi connectivity index (χ4n) is 1.56. The normalized spacial score (nSPS) is 10.3. The highest BCUT2D eigenvalue weighted by Crippen LogP contribution is 2.20. The van der Waals surface area contributed by atoms with Gasteiger partial charge in [-0.2, -0.15) is 11.8 Å². The zero-order valence-corrected chi connectivity index (χ0v) is 11.1. The maximum atomic E-state index is 13.1. The third kappa shape index (κ3) is 5.35. The fraction of sp³-hybridized carbons (Fsp3) is 0.500. The highest BCUT2D eigenvalue weighted by molar-refractivity contribution is 7.98. The molecule has 0 amide bonds. The minimum atomic E-state index is -0.591. The Balaban J connectivity index is 2.40. The number of hydrogen-bond donors (Lipinski definition) is 1. The van der Waals surface area contributed by atoms with Crippen LogP contribution in [0.1, 0.15) is 19.3 Å². The Morgan fingerprint density at radius 3 is 2.78 bits per heavy atom. The molecule has 1 N–H and O–H groups in total. The van der Waals surface area contributed by atoms with Crippen LogP contribution >= 0.6 is 11.8 Å². The van der Waals surface area contributed by atoms with Gasteiger partial charge in [0.05, 0.1) is 11.0 Å². The number of non-ortho nitro benzene ring substituents is 1. The summed E-state index contributed by atoms with van der Waals surface area (Å²) in [6, 6.07) is 3.55. The monoisotopic (exact) mass is 272 g/mol. The number of nitrogens with one attached hydrogen (secondary N) is 1. The number of nitro groups is 1. The molecule has 0 bridgehead atoms. The van der Waals surface area contributed by atoms with Gasteiger partial charge in [0, 0.05) is 18.3 Å². The van der Waals surface area contributed by atoms with Crippen LogP contribution in [0.2, 0.25) is 0 Å². The lowest BCUT2D eigenvalue weighted by Crippen LogP contribution is -2.02. The highest BCUT2D eigenvalue weighted by atomic mass is 32.2. The Kier molecular flexibility index (Phi) is 6.49. The summed E-state index contributed by atoms with van der Waals surface area (Å²) in [5, 5.41) is 13.6. The van der Waals surface area contributed by atoms with Crippen LogP contribution in [0.25, 0.3) is 0 Å². The number of anilines is 1. The minimum absolute atomic E-state index is 0.222. The van der Waals surface area contributed by atoms with Crippen LogP contribution in [0.3, 0.4) is 0 Å². The number of unbranched alkanes of at least 4 members (excludes halogenated alkanes) is 2. The van der Waals surface area contributed by atoms with E-state index >= 15 is 0 Å². The second-order valence-corrected chi connectivity index (χ2v) is 4.92. The number of rotatable bonds is 8.